The Bertz CT molecular complexity index is 1070. The van der Waals surface area contributed by atoms with Crippen molar-refractivity contribution in [3.05, 3.63) is 57.4 Å². The minimum Gasteiger partial charge on any atom is -0.459 e. The Labute approximate surface area is 209 Å². The van der Waals surface area contributed by atoms with E-state index in [2.05, 4.69) is 10.0 Å². The van der Waals surface area contributed by atoms with Gasteiger partial charge in [0.1, 0.15) is 28.4 Å². The predicted molar refractivity (Wildman–Crippen MR) is 135 cm³/mol. The number of carbonyl (C=O) groups excluding carboxylic acids is 1. The molecule has 0 aliphatic rings. The summed E-state index contributed by atoms with van der Waals surface area (Å²) in [5.74, 6) is -1.73. The maximum atomic E-state index is 14.9. The van der Waals surface area contributed by atoms with Crippen LogP contribution in [0, 0.1) is 19.7 Å². The Hall–Kier alpha value is -2.00. The molecule has 188 valence electrons. The highest BCUT2D eigenvalue weighted by molar-refractivity contribution is 7.83. The maximum Gasteiger partial charge on any atom is 0.325 e. The molecule has 0 aliphatic heterocycles. The van der Waals surface area contributed by atoms with E-state index in [0.717, 1.165) is 11.1 Å². The molecule has 0 fully saturated rings. The number of halogens is 2. The lowest BCUT2D eigenvalue weighted by molar-refractivity contribution is -0.157. The fourth-order valence-corrected chi connectivity index (χ4v) is 5.35. The van der Waals surface area contributed by atoms with E-state index in [9.17, 15) is 13.4 Å². The second kappa shape index (κ2) is 11.6. The molecule has 0 heterocycles. The van der Waals surface area contributed by atoms with E-state index in [0.29, 0.717) is 26.7 Å². The number of hydrogen-bond acceptors (Lipinski definition) is 5. The van der Waals surface area contributed by atoms with Crippen LogP contribution in [-0.2, 0) is 31.9 Å². The summed E-state index contributed by atoms with van der Waals surface area (Å²) in [6.07, 6.45) is 0. The Kier molecular flexibility index (Phi) is 9.65. The first-order valence-electron chi connectivity index (χ1n) is 11.0. The number of esters is 1. The van der Waals surface area contributed by atoms with Crippen LogP contribution in [0.25, 0.3) is 0 Å². The molecule has 3 unspecified atom stereocenters. The third-order valence-corrected chi connectivity index (χ3v) is 7.01. The molecular formula is C25H34ClFN2O4S. The van der Waals surface area contributed by atoms with Crippen LogP contribution in [0.5, 0.6) is 0 Å². The van der Waals surface area contributed by atoms with Gasteiger partial charge < -0.3 is 14.8 Å². The first-order valence-corrected chi connectivity index (χ1v) is 12.5. The van der Waals surface area contributed by atoms with Gasteiger partial charge in [-0.2, -0.15) is 0 Å². The van der Waals surface area contributed by atoms with E-state index in [1.165, 1.54) is 13.2 Å². The van der Waals surface area contributed by atoms with E-state index in [1.807, 2.05) is 13.8 Å². The summed E-state index contributed by atoms with van der Waals surface area (Å²) < 4.78 is 42.4. The summed E-state index contributed by atoms with van der Waals surface area (Å²) in [5, 5.41) is 3.44. The maximum absolute atomic E-state index is 14.9. The van der Waals surface area contributed by atoms with E-state index in [4.69, 9.17) is 21.1 Å². The zero-order valence-corrected chi connectivity index (χ0v) is 22.5. The van der Waals surface area contributed by atoms with Crippen LogP contribution in [0.15, 0.2) is 29.2 Å². The van der Waals surface area contributed by atoms with Crippen molar-refractivity contribution in [2.24, 2.45) is 0 Å². The summed E-state index contributed by atoms with van der Waals surface area (Å²) in [6.45, 7) is 10.8. The molecule has 0 spiro atoms. The van der Waals surface area contributed by atoms with E-state index < -0.39 is 40.3 Å². The first-order chi connectivity index (χ1) is 15.8. The molecule has 3 atom stereocenters. The topological polar surface area (TPSA) is 76.7 Å². The summed E-state index contributed by atoms with van der Waals surface area (Å²) in [4.78, 5) is 13.7. The Morgan fingerprint density at radius 1 is 1.24 bits per heavy atom. The first kappa shape index (κ1) is 28.2. The smallest absolute Gasteiger partial charge is 0.325 e. The Morgan fingerprint density at radius 3 is 2.44 bits per heavy atom. The van der Waals surface area contributed by atoms with E-state index in [1.54, 1.807) is 52.9 Å². The van der Waals surface area contributed by atoms with Crippen molar-refractivity contribution in [1.82, 2.24) is 4.72 Å². The number of methoxy groups -OCH3 is 1. The number of carbonyl (C=O) groups is 1. The number of nitrogens with one attached hydrogen (secondary N) is 2. The minimum absolute atomic E-state index is 0.163. The summed E-state index contributed by atoms with van der Waals surface area (Å²) >= 11 is 6.22. The molecule has 0 amide bonds. The van der Waals surface area contributed by atoms with Crippen LogP contribution in [-0.4, -0.2) is 36.0 Å². The van der Waals surface area contributed by atoms with Crippen LogP contribution in [0.3, 0.4) is 0 Å². The van der Waals surface area contributed by atoms with Gasteiger partial charge >= 0.3 is 5.97 Å². The summed E-state index contributed by atoms with van der Waals surface area (Å²) in [6, 6.07) is 5.29. The number of benzene rings is 2. The molecule has 0 aromatic heterocycles. The minimum atomic E-state index is -1.88. The zero-order chi connectivity index (χ0) is 25.8. The highest BCUT2D eigenvalue weighted by atomic mass is 35.5. The molecule has 0 saturated carbocycles. The molecule has 2 aromatic carbocycles. The normalized spacial score (nSPS) is 14.4. The molecule has 2 N–H and O–H groups in total. The highest BCUT2D eigenvalue weighted by Gasteiger charge is 2.35. The molecule has 0 saturated heterocycles. The number of hydrogen-bond donors (Lipinski definition) is 2. The molecule has 0 bridgehead atoms. The largest absolute Gasteiger partial charge is 0.459 e. The van der Waals surface area contributed by atoms with Crippen molar-refractivity contribution in [1.29, 1.82) is 0 Å². The van der Waals surface area contributed by atoms with E-state index in [-0.39, 0.29) is 6.61 Å². The number of rotatable bonds is 9. The van der Waals surface area contributed by atoms with Gasteiger partial charge in [0, 0.05) is 25.1 Å². The zero-order valence-electron chi connectivity index (χ0n) is 21.0. The number of ether oxygens (including phenoxy) is 2. The standard InChI is InChI=1S/C25H34ClFN2O4S/c1-14-9-10-19(27)21(15(14)2)16(3)22(24(30)33-25(4,5)6)29-34(31)23-17(13-32-8)11-18(26)12-20(23)28-7/h9-12,16,22,28-29H,13H2,1-8H3. The fourth-order valence-electron chi connectivity index (χ4n) is 3.74. The van der Waals surface area contributed by atoms with Gasteiger partial charge in [0.25, 0.3) is 0 Å². The van der Waals surface area contributed by atoms with Crippen LogP contribution in [0.2, 0.25) is 5.02 Å². The van der Waals surface area contributed by atoms with E-state index >= 15 is 0 Å². The van der Waals surface area contributed by atoms with Gasteiger partial charge in [0.05, 0.1) is 17.2 Å². The lowest BCUT2D eigenvalue weighted by Crippen LogP contribution is -2.45. The lowest BCUT2D eigenvalue weighted by atomic mass is 9.88. The van der Waals surface area contributed by atoms with Crippen molar-refractivity contribution < 1.29 is 22.9 Å². The van der Waals surface area contributed by atoms with Crippen molar-refractivity contribution in [3.8, 4) is 0 Å². The average molecular weight is 513 g/mol. The monoisotopic (exact) mass is 512 g/mol. The second-order valence-electron chi connectivity index (χ2n) is 9.21. The van der Waals surface area contributed by atoms with Gasteiger partial charge in [-0.3, -0.25) is 4.79 Å². The summed E-state index contributed by atoms with van der Waals surface area (Å²) in [5.41, 5.74) is 2.34. The van der Waals surface area contributed by atoms with Crippen molar-refractivity contribution in [2.45, 2.75) is 70.6 Å². The molecule has 2 aromatic rings. The predicted octanol–water partition coefficient (Wildman–Crippen LogP) is 5.41. The molecule has 0 radical (unpaired) electrons. The third-order valence-electron chi connectivity index (χ3n) is 5.47. The van der Waals surface area contributed by atoms with Gasteiger partial charge in [-0.15, -0.1) is 0 Å². The van der Waals surface area contributed by atoms with Gasteiger partial charge in [-0.25, -0.2) is 13.3 Å². The Morgan fingerprint density at radius 2 is 1.88 bits per heavy atom. The number of aryl methyl sites for hydroxylation is 1. The van der Waals surface area contributed by atoms with Gasteiger partial charge in [0.15, 0.2) is 0 Å². The van der Waals surface area contributed by atoms with Gasteiger partial charge in [-0.1, -0.05) is 24.6 Å². The van der Waals surface area contributed by atoms with Crippen LogP contribution in [0.4, 0.5) is 10.1 Å². The third kappa shape index (κ3) is 6.78. The average Bonchev–Trinajstić information content (AvgIpc) is 2.73. The molecule has 6 nitrogen and oxygen atoms in total. The van der Waals surface area contributed by atoms with Crippen molar-refractivity contribution in [2.75, 3.05) is 19.5 Å². The fraction of sp³-hybridized carbons (Fsp3) is 0.480. The van der Waals surface area contributed by atoms with Crippen LogP contribution in [0.1, 0.15) is 55.9 Å². The molecule has 0 aliphatic carbocycles. The highest BCUT2D eigenvalue weighted by Crippen LogP contribution is 2.32. The quantitative estimate of drug-likeness (QED) is 0.439. The summed E-state index contributed by atoms with van der Waals surface area (Å²) in [7, 11) is 1.32. The molecule has 2 rings (SSSR count). The molecule has 9 heteroatoms. The van der Waals surface area contributed by atoms with Crippen molar-refractivity contribution >= 4 is 34.2 Å². The van der Waals surface area contributed by atoms with Crippen LogP contribution < -0.4 is 10.0 Å². The van der Waals surface area contributed by atoms with Gasteiger partial charge in [-0.05, 0) is 75.1 Å². The second-order valence-corrected chi connectivity index (χ2v) is 10.8. The SMILES string of the molecule is CNc1cc(Cl)cc(COC)c1S(=O)NC(C(=O)OC(C)(C)C)C(C)c1c(F)ccc(C)c1C. The van der Waals surface area contributed by atoms with Crippen LogP contribution >= 0.6 is 11.6 Å². The van der Waals surface area contributed by atoms with Gasteiger partial charge in [0.2, 0.25) is 0 Å². The lowest BCUT2D eigenvalue weighted by Gasteiger charge is -2.29. The Balaban J connectivity index is 2.57. The molecule has 34 heavy (non-hydrogen) atoms. The number of anilines is 1. The van der Waals surface area contributed by atoms with Crippen molar-refractivity contribution in [3.63, 3.8) is 0 Å². The molecular weight excluding hydrogens is 479 g/mol.